The fourth-order valence-corrected chi connectivity index (χ4v) is 0.842. The zero-order valence-electron chi connectivity index (χ0n) is 8.26. The standard InChI is InChI=1S/C9H22N4/c10-4-1-6-12-8-3-9-13-7-2-5-11/h3,8,12-13H,1-2,4-7,9-11H2. The van der Waals surface area contributed by atoms with E-state index in [2.05, 4.69) is 16.7 Å². The second-order valence-corrected chi connectivity index (χ2v) is 2.85. The normalized spacial score (nSPS) is 10.9. The van der Waals surface area contributed by atoms with Crippen molar-refractivity contribution in [3.63, 3.8) is 0 Å². The van der Waals surface area contributed by atoms with Crippen LogP contribution >= 0.6 is 0 Å². The van der Waals surface area contributed by atoms with Gasteiger partial charge in [-0.1, -0.05) is 6.08 Å². The maximum atomic E-state index is 5.34. The highest BCUT2D eigenvalue weighted by atomic mass is 14.9. The fraction of sp³-hybridized carbons (Fsp3) is 0.778. The molecule has 0 aliphatic rings. The molecule has 0 saturated carbocycles. The molecule has 0 atom stereocenters. The summed E-state index contributed by atoms with van der Waals surface area (Å²) in [6.07, 6.45) is 6.08. The van der Waals surface area contributed by atoms with E-state index in [9.17, 15) is 0 Å². The van der Waals surface area contributed by atoms with Crippen molar-refractivity contribution in [3.8, 4) is 0 Å². The number of rotatable bonds is 9. The van der Waals surface area contributed by atoms with Gasteiger partial charge in [0.25, 0.3) is 0 Å². The van der Waals surface area contributed by atoms with Gasteiger partial charge in [-0.3, -0.25) is 0 Å². The quantitative estimate of drug-likeness (QED) is 0.362. The van der Waals surface area contributed by atoms with Gasteiger partial charge in [-0.05, 0) is 38.7 Å². The summed E-state index contributed by atoms with van der Waals surface area (Å²) in [6.45, 7) is 4.34. The van der Waals surface area contributed by atoms with Crippen LogP contribution in [0.4, 0.5) is 0 Å². The molecule has 0 unspecified atom stereocenters. The third-order valence-corrected chi connectivity index (χ3v) is 1.58. The first kappa shape index (κ1) is 12.4. The van der Waals surface area contributed by atoms with Crippen LogP contribution in [-0.4, -0.2) is 32.7 Å². The van der Waals surface area contributed by atoms with Crippen molar-refractivity contribution in [3.05, 3.63) is 12.3 Å². The minimum absolute atomic E-state index is 0.746. The first-order valence-electron chi connectivity index (χ1n) is 4.91. The third kappa shape index (κ3) is 11.4. The summed E-state index contributed by atoms with van der Waals surface area (Å²) in [7, 11) is 0. The Hall–Kier alpha value is -0.580. The average molecular weight is 186 g/mol. The molecule has 4 nitrogen and oxygen atoms in total. The minimum Gasteiger partial charge on any atom is -0.391 e. The Morgan fingerprint density at radius 2 is 1.69 bits per heavy atom. The van der Waals surface area contributed by atoms with E-state index in [4.69, 9.17) is 11.5 Å². The lowest BCUT2D eigenvalue weighted by Crippen LogP contribution is -2.19. The largest absolute Gasteiger partial charge is 0.391 e. The molecule has 0 fully saturated rings. The highest BCUT2D eigenvalue weighted by Crippen LogP contribution is 1.73. The van der Waals surface area contributed by atoms with Gasteiger partial charge >= 0.3 is 0 Å². The number of nitrogens with two attached hydrogens (primary N) is 2. The smallest absolute Gasteiger partial charge is 0.0153 e. The van der Waals surface area contributed by atoms with E-state index >= 15 is 0 Å². The van der Waals surface area contributed by atoms with Crippen molar-refractivity contribution in [2.75, 3.05) is 32.7 Å². The van der Waals surface area contributed by atoms with Crippen LogP contribution in [-0.2, 0) is 0 Å². The Kier molecular flexibility index (Phi) is 10.9. The lowest BCUT2D eigenvalue weighted by atomic mass is 10.4. The molecule has 0 aromatic carbocycles. The second-order valence-electron chi connectivity index (χ2n) is 2.85. The summed E-state index contributed by atoms with van der Waals surface area (Å²) in [6, 6.07) is 0. The van der Waals surface area contributed by atoms with Crippen LogP contribution < -0.4 is 22.1 Å². The van der Waals surface area contributed by atoms with Gasteiger partial charge < -0.3 is 22.1 Å². The molecule has 0 spiro atoms. The zero-order valence-corrected chi connectivity index (χ0v) is 8.26. The Bertz CT molecular complexity index is 114. The van der Waals surface area contributed by atoms with Gasteiger partial charge in [-0.2, -0.15) is 0 Å². The van der Waals surface area contributed by atoms with E-state index in [1.807, 2.05) is 6.20 Å². The fourth-order valence-electron chi connectivity index (χ4n) is 0.842. The molecule has 0 saturated heterocycles. The lowest BCUT2D eigenvalue weighted by molar-refractivity contribution is 0.696. The topological polar surface area (TPSA) is 76.1 Å². The van der Waals surface area contributed by atoms with Crippen molar-refractivity contribution in [2.45, 2.75) is 12.8 Å². The zero-order chi connectivity index (χ0) is 9.78. The summed E-state index contributed by atoms with van der Waals surface area (Å²) >= 11 is 0. The minimum atomic E-state index is 0.746. The van der Waals surface area contributed by atoms with Crippen molar-refractivity contribution in [1.29, 1.82) is 0 Å². The summed E-state index contributed by atoms with van der Waals surface area (Å²) < 4.78 is 0. The van der Waals surface area contributed by atoms with Crippen LogP contribution in [0, 0.1) is 0 Å². The summed E-state index contributed by atoms with van der Waals surface area (Å²) in [5, 5.41) is 6.40. The molecule has 78 valence electrons. The van der Waals surface area contributed by atoms with Gasteiger partial charge in [0.2, 0.25) is 0 Å². The second kappa shape index (κ2) is 11.4. The maximum absolute atomic E-state index is 5.34. The van der Waals surface area contributed by atoms with Crippen molar-refractivity contribution in [2.24, 2.45) is 11.5 Å². The van der Waals surface area contributed by atoms with E-state index in [0.717, 1.165) is 45.6 Å². The Morgan fingerprint density at radius 3 is 2.38 bits per heavy atom. The van der Waals surface area contributed by atoms with Crippen molar-refractivity contribution < 1.29 is 0 Å². The van der Waals surface area contributed by atoms with E-state index in [0.29, 0.717) is 0 Å². The van der Waals surface area contributed by atoms with E-state index < -0.39 is 0 Å². The molecule has 0 bridgehead atoms. The molecular weight excluding hydrogens is 164 g/mol. The molecule has 13 heavy (non-hydrogen) atoms. The van der Waals surface area contributed by atoms with Crippen LogP contribution in [0.3, 0.4) is 0 Å². The first-order chi connectivity index (χ1) is 6.41. The maximum Gasteiger partial charge on any atom is 0.0153 e. The summed E-state index contributed by atoms with van der Waals surface area (Å²) in [5.74, 6) is 0. The highest BCUT2D eigenvalue weighted by Gasteiger charge is 1.81. The molecule has 0 amide bonds. The van der Waals surface area contributed by atoms with E-state index in [-0.39, 0.29) is 0 Å². The monoisotopic (exact) mass is 186 g/mol. The Labute approximate surface area is 80.7 Å². The molecule has 0 aromatic heterocycles. The van der Waals surface area contributed by atoms with Crippen molar-refractivity contribution in [1.82, 2.24) is 10.6 Å². The van der Waals surface area contributed by atoms with Gasteiger partial charge in [0.15, 0.2) is 0 Å². The van der Waals surface area contributed by atoms with Crippen LogP contribution in [0.25, 0.3) is 0 Å². The van der Waals surface area contributed by atoms with Crippen LogP contribution in [0.1, 0.15) is 12.8 Å². The van der Waals surface area contributed by atoms with E-state index in [1.54, 1.807) is 0 Å². The first-order valence-corrected chi connectivity index (χ1v) is 4.91. The molecule has 4 heteroatoms. The average Bonchev–Trinajstić information content (AvgIpc) is 2.16. The molecule has 0 aliphatic carbocycles. The van der Waals surface area contributed by atoms with E-state index in [1.165, 1.54) is 0 Å². The SMILES string of the molecule is NCCCNC=CCNCCCN. The molecule has 0 heterocycles. The van der Waals surface area contributed by atoms with Crippen LogP contribution in [0.15, 0.2) is 12.3 Å². The molecule has 0 radical (unpaired) electrons. The van der Waals surface area contributed by atoms with Crippen LogP contribution in [0.2, 0.25) is 0 Å². The van der Waals surface area contributed by atoms with Gasteiger partial charge in [0.05, 0.1) is 0 Å². The highest BCUT2D eigenvalue weighted by molar-refractivity contribution is 4.81. The molecular formula is C9H22N4. The lowest BCUT2D eigenvalue weighted by Gasteiger charge is -1.99. The Balaban J connectivity index is 2.95. The van der Waals surface area contributed by atoms with Gasteiger partial charge in [0, 0.05) is 13.1 Å². The Morgan fingerprint density at radius 1 is 1.00 bits per heavy atom. The number of nitrogens with one attached hydrogen (secondary N) is 2. The summed E-state index contributed by atoms with van der Waals surface area (Å²) in [5.41, 5.74) is 10.7. The van der Waals surface area contributed by atoms with Gasteiger partial charge in [-0.25, -0.2) is 0 Å². The van der Waals surface area contributed by atoms with Crippen LogP contribution in [0.5, 0.6) is 0 Å². The molecule has 0 aliphatic heterocycles. The summed E-state index contributed by atoms with van der Waals surface area (Å²) in [4.78, 5) is 0. The molecule has 0 rings (SSSR count). The molecule has 0 aromatic rings. The van der Waals surface area contributed by atoms with Gasteiger partial charge in [-0.15, -0.1) is 0 Å². The predicted octanol–water partition coefficient (Wildman–Crippen LogP) is -0.623. The third-order valence-electron chi connectivity index (χ3n) is 1.58. The number of hydrogen-bond acceptors (Lipinski definition) is 4. The van der Waals surface area contributed by atoms with Gasteiger partial charge in [0.1, 0.15) is 0 Å². The van der Waals surface area contributed by atoms with Crippen molar-refractivity contribution >= 4 is 0 Å². The number of hydrogen-bond donors (Lipinski definition) is 4. The predicted molar refractivity (Wildman–Crippen MR) is 57.4 cm³/mol. The molecule has 6 N–H and O–H groups in total.